The van der Waals surface area contributed by atoms with Gasteiger partial charge in [-0.3, -0.25) is 9.59 Å². The fourth-order valence-corrected chi connectivity index (χ4v) is 4.71. The Morgan fingerprint density at radius 1 is 1.12 bits per heavy atom. The molecule has 1 aliphatic rings. The molecule has 8 nitrogen and oxygen atoms in total. The Labute approximate surface area is 228 Å². The molecule has 0 radical (unpaired) electrons. The number of aromatic nitrogens is 3. The molecule has 1 aliphatic carbocycles. The number of hydrogen-bond donors (Lipinski definition) is 3. The van der Waals surface area contributed by atoms with Gasteiger partial charge in [0.1, 0.15) is 0 Å². The van der Waals surface area contributed by atoms with Crippen molar-refractivity contribution in [1.82, 2.24) is 25.2 Å². The lowest BCUT2D eigenvalue weighted by molar-refractivity contribution is -0.145. The van der Waals surface area contributed by atoms with E-state index in [2.05, 4.69) is 15.4 Å². The van der Waals surface area contributed by atoms with Crippen LogP contribution in [-0.4, -0.2) is 43.6 Å². The summed E-state index contributed by atoms with van der Waals surface area (Å²) in [5.41, 5.74) is -0.474. The number of alkyl halides is 7. The molecule has 4 rings (SSSR count). The number of aliphatic hydroxyl groups is 1. The van der Waals surface area contributed by atoms with Crippen LogP contribution >= 0.6 is 0 Å². The molecule has 0 saturated heterocycles. The quantitative estimate of drug-likeness (QED) is 0.229. The monoisotopic (exact) mass is 589 g/mol. The predicted octanol–water partition coefficient (Wildman–Crippen LogP) is 5.41. The summed E-state index contributed by atoms with van der Waals surface area (Å²) < 4.78 is 93.2. The van der Waals surface area contributed by atoms with Crippen LogP contribution in [0.4, 0.5) is 30.7 Å². The van der Waals surface area contributed by atoms with Gasteiger partial charge in [0.05, 0.1) is 30.6 Å². The van der Waals surface area contributed by atoms with Crippen molar-refractivity contribution in [2.45, 2.75) is 69.3 Å². The molecule has 0 bridgehead atoms. The number of imidazole rings is 1. The van der Waals surface area contributed by atoms with Crippen LogP contribution in [0.2, 0.25) is 0 Å². The van der Waals surface area contributed by atoms with Crippen LogP contribution in [-0.2, 0) is 4.79 Å². The van der Waals surface area contributed by atoms with E-state index in [1.807, 2.05) is 5.32 Å². The van der Waals surface area contributed by atoms with Crippen molar-refractivity contribution < 1.29 is 45.4 Å². The van der Waals surface area contributed by atoms with E-state index < -0.39 is 79.8 Å². The van der Waals surface area contributed by atoms with Gasteiger partial charge in [0.25, 0.3) is 12.3 Å². The first-order valence-corrected chi connectivity index (χ1v) is 12.7. The van der Waals surface area contributed by atoms with Crippen LogP contribution in [0, 0.1) is 5.92 Å². The van der Waals surface area contributed by atoms with Crippen molar-refractivity contribution in [3.63, 3.8) is 0 Å². The summed E-state index contributed by atoms with van der Waals surface area (Å²) in [5, 5.41) is 19.1. The molecular weight excluding hydrogens is 563 g/mol. The van der Waals surface area contributed by atoms with E-state index in [0.717, 1.165) is 12.3 Å². The van der Waals surface area contributed by atoms with Gasteiger partial charge in [-0.1, -0.05) is 18.2 Å². The number of nitrogens with one attached hydrogen (secondary N) is 2. The molecule has 0 aliphatic heterocycles. The number of amides is 2. The standard InChI is InChI=1S/C26H26F7N5O3/c27-22(28)16-3-1-2-4-17(16)24(41)37-21(14-5-8-25(29,30)9-6-14)18-13-38-19(35-18)11-15(12-34-38)23(40)36-20(39)7-10-26(31,32)33/h1-4,11-14,21-23,40H,5-10H2,(H,36,39)(H,37,41)/t21-,23+/m0/s1. The maximum atomic E-state index is 13.9. The molecule has 2 atom stereocenters. The molecule has 1 aromatic carbocycles. The molecule has 1 fully saturated rings. The second-order valence-corrected chi connectivity index (χ2v) is 9.88. The third-order valence-corrected chi connectivity index (χ3v) is 6.89. The lowest BCUT2D eigenvalue weighted by Gasteiger charge is -2.33. The van der Waals surface area contributed by atoms with Gasteiger partial charge in [-0.25, -0.2) is 27.1 Å². The maximum absolute atomic E-state index is 13.9. The molecule has 0 unspecified atom stereocenters. The minimum atomic E-state index is -4.54. The fourth-order valence-electron chi connectivity index (χ4n) is 4.71. The average Bonchev–Trinajstić information content (AvgIpc) is 3.33. The smallest absolute Gasteiger partial charge is 0.369 e. The molecule has 15 heteroatoms. The highest BCUT2D eigenvalue weighted by Crippen LogP contribution is 2.41. The first-order valence-electron chi connectivity index (χ1n) is 12.7. The summed E-state index contributed by atoms with van der Waals surface area (Å²) in [6, 6.07) is 5.45. The summed E-state index contributed by atoms with van der Waals surface area (Å²) in [5.74, 6) is -5.27. The Hall–Kier alpha value is -3.75. The number of aliphatic hydroxyl groups excluding tert-OH is 1. The Bertz CT molecular complexity index is 1390. The zero-order chi connectivity index (χ0) is 29.9. The fraction of sp³-hybridized carbons (Fsp3) is 0.462. The molecule has 0 spiro atoms. The van der Waals surface area contributed by atoms with Crippen LogP contribution in [0.15, 0.2) is 42.7 Å². The minimum Gasteiger partial charge on any atom is -0.369 e. The summed E-state index contributed by atoms with van der Waals surface area (Å²) in [6.45, 7) is 0. The van der Waals surface area contributed by atoms with Crippen LogP contribution in [0.3, 0.4) is 0 Å². The molecule has 1 saturated carbocycles. The number of rotatable bonds is 9. The van der Waals surface area contributed by atoms with Crippen molar-refractivity contribution in [3.8, 4) is 0 Å². The molecule has 3 aromatic rings. The number of carbonyl (C=O) groups is 2. The van der Waals surface area contributed by atoms with Gasteiger partial charge in [-0.15, -0.1) is 0 Å². The Balaban J connectivity index is 1.59. The highest BCUT2D eigenvalue weighted by Gasteiger charge is 2.39. The molecule has 2 aromatic heterocycles. The van der Waals surface area contributed by atoms with Gasteiger partial charge in [0.2, 0.25) is 11.8 Å². The third-order valence-electron chi connectivity index (χ3n) is 6.89. The zero-order valence-corrected chi connectivity index (χ0v) is 21.3. The normalized spacial score (nSPS) is 17.4. The predicted molar refractivity (Wildman–Crippen MR) is 130 cm³/mol. The molecule has 3 N–H and O–H groups in total. The molecule has 41 heavy (non-hydrogen) atoms. The molecular formula is C26H26F7N5O3. The summed E-state index contributed by atoms with van der Waals surface area (Å²) in [7, 11) is 0. The summed E-state index contributed by atoms with van der Waals surface area (Å²) >= 11 is 0. The minimum absolute atomic E-state index is 0.00114. The Morgan fingerprint density at radius 2 is 1.80 bits per heavy atom. The number of halogens is 7. The second-order valence-electron chi connectivity index (χ2n) is 9.88. The Morgan fingerprint density at radius 3 is 2.46 bits per heavy atom. The van der Waals surface area contributed by atoms with E-state index in [1.54, 1.807) is 0 Å². The first-order chi connectivity index (χ1) is 19.2. The Kier molecular flexibility index (Phi) is 8.85. The summed E-state index contributed by atoms with van der Waals surface area (Å²) in [4.78, 5) is 29.3. The van der Waals surface area contributed by atoms with E-state index in [4.69, 9.17) is 0 Å². The van der Waals surface area contributed by atoms with E-state index in [-0.39, 0.29) is 35.3 Å². The van der Waals surface area contributed by atoms with Crippen LogP contribution in [0.5, 0.6) is 0 Å². The average molecular weight is 590 g/mol. The topological polar surface area (TPSA) is 109 Å². The number of hydrogen-bond acceptors (Lipinski definition) is 5. The summed E-state index contributed by atoms with van der Waals surface area (Å²) in [6.07, 6.45) is -9.72. The lowest BCUT2D eigenvalue weighted by atomic mass is 9.81. The van der Waals surface area contributed by atoms with Crippen molar-refractivity contribution in [3.05, 3.63) is 65.1 Å². The van der Waals surface area contributed by atoms with E-state index >= 15 is 0 Å². The SMILES string of the molecule is O=C(CCC(F)(F)F)N[C@H](O)c1cnn2cc([C@@H](NC(=O)c3ccccc3C(F)F)C3CCC(F)(F)CC3)nc2c1. The van der Waals surface area contributed by atoms with Gasteiger partial charge in [0.15, 0.2) is 11.9 Å². The highest BCUT2D eigenvalue weighted by molar-refractivity contribution is 5.96. The number of carbonyl (C=O) groups excluding carboxylic acids is 2. The third kappa shape index (κ3) is 7.71. The van der Waals surface area contributed by atoms with Gasteiger partial charge in [-0.05, 0) is 30.9 Å². The maximum Gasteiger partial charge on any atom is 0.389 e. The highest BCUT2D eigenvalue weighted by atomic mass is 19.4. The first kappa shape index (κ1) is 30.2. The van der Waals surface area contributed by atoms with E-state index in [9.17, 15) is 45.4 Å². The van der Waals surface area contributed by atoms with Crippen LogP contribution < -0.4 is 10.6 Å². The number of fused-ring (bicyclic) bond motifs is 1. The van der Waals surface area contributed by atoms with Gasteiger partial charge in [-0.2, -0.15) is 18.3 Å². The number of nitrogens with zero attached hydrogens (tertiary/aromatic N) is 3. The largest absolute Gasteiger partial charge is 0.389 e. The van der Waals surface area contributed by atoms with Crippen molar-refractivity contribution >= 4 is 17.5 Å². The van der Waals surface area contributed by atoms with Crippen LogP contribution in [0.1, 0.15) is 84.4 Å². The molecule has 2 amide bonds. The second kappa shape index (κ2) is 12.0. The van der Waals surface area contributed by atoms with Crippen molar-refractivity contribution in [2.24, 2.45) is 5.92 Å². The van der Waals surface area contributed by atoms with Crippen LogP contribution in [0.25, 0.3) is 5.65 Å². The molecule has 2 heterocycles. The van der Waals surface area contributed by atoms with Gasteiger partial charge >= 0.3 is 6.18 Å². The van der Waals surface area contributed by atoms with E-state index in [1.165, 1.54) is 35.0 Å². The van der Waals surface area contributed by atoms with Gasteiger partial charge < -0.3 is 15.7 Å². The zero-order valence-electron chi connectivity index (χ0n) is 21.3. The number of benzene rings is 1. The lowest BCUT2D eigenvalue weighted by Crippen LogP contribution is -2.37. The molecule has 222 valence electrons. The van der Waals surface area contributed by atoms with E-state index in [0.29, 0.717) is 0 Å². The van der Waals surface area contributed by atoms with Gasteiger partial charge in [0, 0.05) is 36.0 Å². The van der Waals surface area contributed by atoms with Crippen molar-refractivity contribution in [2.75, 3.05) is 0 Å². The van der Waals surface area contributed by atoms with Crippen molar-refractivity contribution in [1.29, 1.82) is 0 Å².